The van der Waals surface area contributed by atoms with Gasteiger partial charge in [0.2, 0.25) is 0 Å². The third-order valence-corrected chi connectivity index (χ3v) is 3.82. The highest BCUT2D eigenvalue weighted by molar-refractivity contribution is 5.88. The SMILES string of the molecule is C[C@H]1C[C@H](c2cccc(F)c2)N(C(=O)Nc2ccncn2)C1. The first-order valence-electron chi connectivity index (χ1n) is 7.22. The number of nitrogens with one attached hydrogen (secondary N) is 1. The molecule has 6 heteroatoms. The van der Waals surface area contributed by atoms with Crippen molar-refractivity contribution in [3.8, 4) is 0 Å². The van der Waals surface area contributed by atoms with Gasteiger partial charge >= 0.3 is 6.03 Å². The van der Waals surface area contributed by atoms with E-state index in [0.717, 1.165) is 12.0 Å². The number of hydrogen-bond acceptors (Lipinski definition) is 3. The average Bonchev–Trinajstić information content (AvgIpc) is 2.90. The summed E-state index contributed by atoms with van der Waals surface area (Å²) < 4.78 is 13.5. The number of halogens is 1. The van der Waals surface area contributed by atoms with E-state index in [4.69, 9.17) is 0 Å². The van der Waals surface area contributed by atoms with E-state index in [2.05, 4.69) is 22.2 Å². The van der Waals surface area contributed by atoms with Gasteiger partial charge in [-0.3, -0.25) is 5.32 Å². The molecule has 0 spiro atoms. The Morgan fingerprint density at radius 2 is 2.27 bits per heavy atom. The monoisotopic (exact) mass is 300 g/mol. The number of nitrogens with zero attached hydrogens (tertiary/aromatic N) is 3. The van der Waals surface area contributed by atoms with Gasteiger partial charge in [0.25, 0.3) is 0 Å². The van der Waals surface area contributed by atoms with Crippen LogP contribution in [0.2, 0.25) is 0 Å². The number of benzene rings is 1. The summed E-state index contributed by atoms with van der Waals surface area (Å²) in [6, 6.07) is 7.73. The summed E-state index contributed by atoms with van der Waals surface area (Å²) in [5.74, 6) is 0.537. The van der Waals surface area contributed by atoms with Crippen molar-refractivity contribution < 1.29 is 9.18 Å². The molecular weight excluding hydrogens is 283 g/mol. The number of urea groups is 1. The minimum absolute atomic E-state index is 0.118. The number of hydrogen-bond donors (Lipinski definition) is 1. The molecule has 1 aliphatic heterocycles. The van der Waals surface area contributed by atoms with Crippen molar-refractivity contribution in [1.82, 2.24) is 14.9 Å². The Hall–Kier alpha value is -2.50. The van der Waals surface area contributed by atoms with Gasteiger partial charge in [-0.05, 0) is 36.1 Å². The lowest BCUT2D eigenvalue weighted by Crippen LogP contribution is -2.35. The number of anilines is 1. The van der Waals surface area contributed by atoms with Crippen molar-refractivity contribution in [2.75, 3.05) is 11.9 Å². The second-order valence-corrected chi connectivity index (χ2v) is 5.59. The predicted molar refractivity (Wildman–Crippen MR) is 80.7 cm³/mol. The Labute approximate surface area is 128 Å². The third kappa shape index (κ3) is 3.05. The molecule has 2 aromatic rings. The molecule has 1 aromatic carbocycles. The summed E-state index contributed by atoms with van der Waals surface area (Å²) in [7, 11) is 0. The Bertz CT molecular complexity index is 664. The molecule has 114 valence electrons. The molecule has 1 fully saturated rings. The minimum Gasteiger partial charge on any atom is -0.317 e. The fourth-order valence-electron chi connectivity index (χ4n) is 2.85. The first kappa shape index (κ1) is 14.4. The molecule has 0 saturated carbocycles. The van der Waals surface area contributed by atoms with Gasteiger partial charge in [0.05, 0.1) is 6.04 Å². The molecular formula is C16H17FN4O. The van der Waals surface area contributed by atoms with E-state index in [1.807, 2.05) is 6.07 Å². The molecule has 1 aliphatic rings. The van der Waals surface area contributed by atoms with E-state index >= 15 is 0 Å². The van der Waals surface area contributed by atoms with E-state index in [1.54, 1.807) is 23.2 Å². The standard InChI is InChI=1S/C16H17FN4O/c1-11-7-14(12-3-2-4-13(17)8-12)21(9-11)16(22)20-15-5-6-18-10-19-15/h2-6,8,10-11,14H,7,9H2,1H3,(H,18,19,20,22)/t11-,14+/m0/s1. The maximum absolute atomic E-state index is 13.5. The Morgan fingerprint density at radius 3 is 3.00 bits per heavy atom. The molecule has 22 heavy (non-hydrogen) atoms. The fourth-order valence-corrected chi connectivity index (χ4v) is 2.85. The molecule has 0 radical (unpaired) electrons. The van der Waals surface area contributed by atoms with Gasteiger partial charge in [-0.15, -0.1) is 0 Å². The van der Waals surface area contributed by atoms with E-state index in [0.29, 0.717) is 18.3 Å². The highest BCUT2D eigenvalue weighted by atomic mass is 19.1. The van der Waals surface area contributed by atoms with E-state index in [-0.39, 0.29) is 17.9 Å². The second kappa shape index (κ2) is 6.09. The fraction of sp³-hybridized carbons (Fsp3) is 0.312. The number of amides is 2. The first-order chi connectivity index (χ1) is 10.6. The van der Waals surface area contributed by atoms with Crippen LogP contribution in [0.3, 0.4) is 0 Å². The zero-order valence-corrected chi connectivity index (χ0v) is 12.2. The third-order valence-electron chi connectivity index (χ3n) is 3.82. The normalized spacial score (nSPS) is 20.9. The number of carbonyl (C=O) groups is 1. The number of carbonyl (C=O) groups excluding carboxylic acids is 1. The van der Waals surface area contributed by atoms with Crippen molar-refractivity contribution in [3.05, 3.63) is 54.2 Å². The smallest absolute Gasteiger partial charge is 0.317 e. The van der Waals surface area contributed by atoms with Gasteiger partial charge in [0.1, 0.15) is 18.0 Å². The molecule has 5 nitrogen and oxygen atoms in total. The summed E-state index contributed by atoms with van der Waals surface area (Å²) in [5.41, 5.74) is 0.821. The minimum atomic E-state index is -0.284. The summed E-state index contributed by atoms with van der Waals surface area (Å²) >= 11 is 0. The van der Waals surface area contributed by atoms with E-state index in [1.165, 1.54) is 18.5 Å². The van der Waals surface area contributed by atoms with Gasteiger partial charge in [-0.2, -0.15) is 0 Å². The molecule has 2 heterocycles. The molecule has 0 unspecified atom stereocenters. The lowest BCUT2D eigenvalue weighted by Gasteiger charge is -2.25. The maximum Gasteiger partial charge on any atom is 0.323 e. The largest absolute Gasteiger partial charge is 0.323 e. The molecule has 0 bridgehead atoms. The Morgan fingerprint density at radius 1 is 1.41 bits per heavy atom. The zero-order valence-electron chi connectivity index (χ0n) is 12.2. The molecule has 2 amide bonds. The molecule has 1 aromatic heterocycles. The van der Waals surface area contributed by atoms with Crippen LogP contribution < -0.4 is 5.32 Å². The van der Waals surface area contributed by atoms with Gasteiger partial charge in [0, 0.05) is 12.7 Å². The Kier molecular flexibility index (Phi) is 4.00. The second-order valence-electron chi connectivity index (χ2n) is 5.59. The van der Waals surface area contributed by atoms with Crippen LogP contribution in [0.5, 0.6) is 0 Å². The first-order valence-corrected chi connectivity index (χ1v) is 7.22. The molecule has 1 saturated heterocycles. The van der Waals surface area contributed by atoms with Crippen LogP contribution in [-0.4, -0.2) is 27.4 Å². The topological polar surface area (TPSA) is 58.1 Å². The van der Waals surface area contributed by atoms with Gasteiger partial charge < -0.3 is 4.90 Å². The van der Waals surface area contributed by atoms with Gasteiger partial charge in [0.15, 0.2) is 0 Å². The predicted octanol–water partition coefficient (Wildman–Crippen LogP) is 3.23. The number of rotatable bonds is 2. The van der Waals surface area contributed by atoms with Gasteiger partial charge in [-0.25, -0.2) is 19.2 Å². The Balaban J connectivity index is 1.80. The van der Waals surface area contributed by atoms with Crippen LogP contribution >= 0.6 is 0 Å². The average molecular weight is 300 g/mol. The van der Waals surface area contributed by atoms with Crippen molar-refractivity contribution in [1.29, 1.82) is 0 Å². The molecule has 1 N–H and O–H groups in total. The number of aromatic nitrogens is 2. The lowest BCUT2D eigenvalue weighted by molar-refractivity contribution is 0.206. The van der Waals surface area contributed by atoms with Crippen molar-refractivity contribution in [2.45, 2.75) is 19.4 Å². The number of likely N-dealkylation sites (tertiary alicyclic amines) is 1. The zero-order chi connectivity index (χ0) is 15.5. The van der Waals surface area contributed by atoms with Crippen LogP contribution in [0.15, 0.2) is 42.9 Å². The van der Waals surface area contributed by atoms with Gasteiger partial charge in [-0.1, -0.05) is 19.1 Å². The lowest BCUT2D eigenvalue weighted by atomic mass is 10.0. The van der Waals surface area contributed by atoms with Crippen LogP contribution in [0.1, 0.15) is 24.9 Å². The maximum atomic E-state index is 13.5. The van der Waals surface area contributed by atoms with E-state index in [9.17, 15) is 9.18 Å². The van der Waals surface area contributed by atoms with Crippen molar-refractivity contribution in [3.63, 3.8) is 0 Å². The summed E-state index contributed by atoms with van der Waals surface area (Å²) in [4.78, 5) is 22.0. The summed E-state index contributed by atoms with van der Waals surface area (Å²) in [6.45, 7) is 2.72. The van der Waals surface area contributed by atoms with Crippen LogP contribution in [0, 0.1) is 11.7 Å². The van der Waals surface area contributed by atoms with Crippen molar-refractivity contribution in [2.24, 2.45) is 5.92 Å². The van der Waals surface area contributed by atoms with Crippen LogP contribution in [-0.2, 0) is 0 Å². The summed E-state index contributed by atoms with van der Waals surface area (Å²) in [6.07, 6.45) is 3.77. The molecule has 2 atom stereocenters. The van der Waals surface area contributed by atoms with Crippen LogP contribution in [0.25, 0.3) is 0 Å². The molecule has 3 rings (SSSR count). The quantitative estimate of drug-likeness (QED) is 0.926. The van der Waals surface area contributed by atoms with Crippen LogP contribution in [0.4, 0.5) is 15.0 Å². The van der Waals surface area contributed by atoms with E-state index < -0.39 is 0 Å². The summed E-state index contributed by atoms with van der Waals surface area (Å²) in [5, 5.41) is 2.76. The molecule has 0 aliphatic carbocycles. The highest BCUT2D eigenvalue weighted by Crippen LogP contribution is 2.35. The highest BCUT2D eigenvalue weighted by Gasteiger charge is 2.34. The van der Waals surface area contributed by atoms with Crippen molar-refractivity contribution >= 4 is 11.8 Å².